The summed E-state index contributed by atoms with van der Waals surface area (Å²) in [6.45, 7) is 5.02. The van der Waals surface area contributed by atoms with Crippen LogP contribution in [0.25, 0.3) is 10.9 Å². The molecule has 1 N–H and O–H groups in total. The number of nitrogens with zero attached hydrogens (tertiary/aromatic N) is 1. The lowest BCUT2D eigenvalue weighted by Gasteiger charge is -2.19. The van der Waals surface area contributed by atoms with Crippen LogP contribution in [-0.2, 0) is 22.5 Å². The van der Waals surface area contributed by atoms with E-state index in [1.165, 1.54) is 0 Å². The molecule has 2 heterocycles. The van der Waals surface area contributed by atoms with Gasteiger partial charge in [-0.3, -0.25) is 4.79 Å². The first-order chi connectivity index (χ1) is 9.94. The molecule has 0 radical (unpaired) electrons. The third kappa shape index (κ3) is 2.95. The number of aromatic nitrogens is 1. The van der Waals surface area contributed by atoms with E-state index in [4.69, 9.17) is 9.84 Å². The van der Waals surface area contributed by atoms with Crippen molar-refractivity contribution in [2.24, 2.45) is 0 Å². The smallest absolute Gasteiger partial charge is 0.307 e. The van der Waals surface area contributed by atoms with Crippen molar-refractivity contribution in [3.05, 3.63) is 36.0 Å². The van der Waals surface area contributed by atoms with Crippen LogP contribution in [0.15, 0.2) is 30.5 Å². The van der Waals surface area contributed by atoms with Gasteiger partial charge in [0.15, 0.2) is 0 Å². The molecule has 1 fully saturated rings. The molecular weight excluding hydrogens is 266 g/mol. The molecule has 1 saturated heterocycles. The summed E-state index contributed by atoms with van der Waals surface area (Å²) in [7, 11) is 0. The first kappa shape index (κ1) is 14.1. The lowest BCUT2D eigenvalue weighted by molar-refractivity contribution is -0.136. The Labute approximate surface area is 124 Å². The minimum Gasteiger partial charge on any atom is -0.481 e. The summed E-state index contributed by atoms with van der Waals surface area (Å²) in [6.07, 6.45) is 4.35. The summed E-state index contributed by atoms with van der Waals surface area (Å²) in [5.41, 5.74) is 1.91. The lowest BCUT2D eigenvalue weighted by Crippen LogP contribution is -2.22. The van der Waals surface area contributed by atoms with E-state index < -0.39 is 5.97 Å². The fourth-order valence-electron chi connectivity index (χ4n) is 3.20. The van der Waals surface area contributed by atoms with Crippen LogP contribution in [0.1, 0.15) is 32.3 Å². The second-order valence-electron chi connectivity index (χ2n) is 6.43. The highest BCUT2D eigenvalue weighted by atomic mass is 16.5. The van der Waals surface area contributed by atoms with Crippen LogP contribution in [0.4, 0.5) is 0 Å². The molecule has 1 atom stereocenters. The Morgan fingerprint density at radius 2 is 2.19 bits per heavy atom. The second kappa shape index (κ2) is 5.19. The molecule has 0 aliphatic carbocycles. The van der Waals surface area contributed by atoms with E-state index >= 15 is 0 Å². The molecule has 1 aromatic carbocycles. The van der Waals surface area contributed by atoms with E-state index in [1.807, 2.05) is 30.5 Å². The summed E-state index contributed by atoms with van der Waals surface area (Å²) in [6, 6.07) is 7.97. The number of para-hydroxylation sites is 1. The summed E-state index contributed by atoms with van der Waals surface area (Å²) >= 11 is 0. The van der Waals surface area contributed by atoms with Crippen LogP contribution in [0.2, 0.25) is 0 Å². The predicted octanol–water partition coefficient (Wildman–Crippen LogP) is 3.23. The van der Waals surface area contributed by atoms with Crippen LogP contribution in [0, 0.1) is 0 Å². The minimum absolute atomic E-state index is 0.0441. The zero-order chi connectivity index (χ0) is 15.0. The van der Waals surface area contributed by atoms with E-state index in [0.29, 0.717) is 0 Å². The molecule has 0 amide bonds. The fourth-order valence-corrected chi connectivity index (χ4v) is 3.20. The Balaban J connectivity index is 1.90. The largest absolute Gasteiger partial charge is 0.481 e. The number of hydrogen-bond donors (Lipinski definition) is 1. The molecule has 1 aliphatic heterocycles. The topological polar surface area (TPSA) is 51.5 Å². The molecule has 2 aromatic rings. The standard InChI is InChI=1S/C17H21NO3/c1-17(2)8-7-13(21-17)11-18-10-12(9-16(19)20)14-5-3-4-6-15(14)18/h3-6,10,13H,7-9,11H2,1-2H3,(H,19,20). The number of benzene rings is 1. The van der Waals surface area contributed by atoms with Crippen molar-refractivity contribution in [3.63, 3.8) is 0 Å². The van der Waals surface area contributed by atoms with Gasteiger partial charge < -0.3 is 14.4 Å². The molecule has 0 bridgehead atoms. The van der Waals surface area contributed by atoms with Crippen molar-refractivity contribution in [2.45, 2.75) is 51.4 Å². The first-order valence-corrected chi connectivity index (χ1v) is 7.41. The van der Waals surface area contributed by atoms with Crippen LogP contribution in [0.5, 0.6) is 0 Å². The molecule has 0 spiro atoms. The molecule has 4 nitrogen and oxygen atoms in total. The number of carboxylic acid groups (broad SMARTS) is 1. The van der Waals surface area contributed by atoms with Crippen molar-refractivity contribution < 1.29 is 14.6 Å². The summed E-state index contributed by atoms with van der Waals surface area (Å²) in [4.78, 5) is 11.0. The molecule has 4 heteroatoms. The van der Waals surface area contributed by atoms with Gasteiger partial charge in [-0.1, -0.05) is 18.2 Å². The van der Waals surface area contributed by atoms with Crippen molar-refractivity contribution in [2.75, 3.05) is 0 Å². The molecular formula is C17H21NO3. The maximum atomic E-state index is 11.0. The van der Waals surface area contributed by atoms with Crippen LogP contribution in [0.3, 0.4) is 0 Å². The third-order valence-electron chi connectivity index (χ3n) is 4.17. The van der Waals surface area contributed by atoms with E-state index in [1.54, 1.807) is 0 Å². The number of rotatable bonds is 4. The van der Waals surface area contributed by atoms with Gasteiger partial charge in [-0.2, -0.15) is 0 Å². The Kier molecular flexibility index (Phi) is 3.49. The average Bonchev–Trinajstić information content (AvgIpc) is 2.91. The monoisotopic (exact) mass is 287 g/mol. The fraction of sp³-hybridized carbons (Fsp3) is 0.471. The molecule has 0 saturated carbocycles. The molecule has 3 rings (SSSR count). The Morgan fingerprint density at radius 1 is 1.43 bits per heavy atom. The van der Waals surface area contributed by atoms with Crippen molar-refractivity contribution in [3.8, 4) is 0 Å². The normalized spacial score (nSPS) is 21.0. The molecule has 1 aliphatic rings. The van der Waals surface area contributed by atoms with Crippen LogP contribution in [-0.4, -0.2) is 27.3 Å². The van der Waals surface area contributed by atoms with Gasteiger partial charge in [0.1, 0.15) is 0 Å². The van der Waals surface area contributed by atoms with Gasteiger partial charge in [0.25, 0.3) is 0 Å². The maximum absolute atomic E-state index is 11.0. The van der Waals surface area contributed by atoms with Gasteiger partial charge in [0.05, 0.1) is 18.1 Å². The zero-order valence-corrected chi connectivity index (χ0v) is 12.5. The summed E-state index contributed by atoms with van der Waals surface area (Å²) < 4.78 is 8.19. The van der Waals surface area contributed by atoms with Crippen LogP contribution >= 0.6 is 0 Å². The van der Waals surface area contributed by atoms with Gasteiger partial charge in [0.2, 0.25) is 0 Å². The molecule has 1 unspecified atom stereocenters. The molecule has 21 heavy (non-hydrogen) atoms. The number of carboxylic acids is 1. The van der Waals surface area contributed by atoms with E-state index in [9.17, 15) is 4.79 Å². The maximum Gasteiger partial charge on any atom is 0.307 e. The van der Waals surface area contributed by atoms with Gasteiger partial charge in [-0.25, -0.2) is 0 Å². The Bertz CT molecular complexity index is 672. The second-order valence-corrected chi connectivity index (χ2v) is 6.43. The summed E-state index contributed by atoms with van der Waals surface area (Å²) in [5.74, 6) is -0.795. The van der Waals surface area contributed by atoms with E-state index in [0.717, 1.165) is 35.9 Å². The average molecular weight is 287 g/mol. The molecule has 112 valence electrons. The number of hydrogen-bond acceptors (Lipinski definition) is 2. The minimum atomic E-state index is -0.795. The van der Waals surface area contributed by atoms with Crippen molar-refractivity contribution >= 4 is 16.9 Å². The number of aliphatic carboxylic acids is 1. The third-order valence-corrected chi connectivity index (χ3v) is 4.17. The van der Waals surface area contributed by atoms with E-state index in [-0.39, 0.29) is 18.1 Å². The van der Waals surface area contributed by atoms with Gasteiger partial charge in [0, 0.05) is 23.6 Å². The first-order valence-electron chi connectivity index (χ1n) is 7.41. The van der Waals surface area contributed by atoms with Crippen molar-refractivity contribution in [1.82, 2.24) is 4.57 Å². The van der Waals surface area contributed by atoms with Crippen LogP contribution < -0.4 is 0 Å². The quantitative estimate of drug-likeness (QED) is 0.939. The Hall–Kier alpha value is -1.81. The van der Waals surface area contributed by atoms with E-state index in [2.05, 4.69) is 18.4 Å². The lowest BCUT2D eigenvalue weighted by atomic mass is 10.1. The highest BCUT2D eigenvalue weighted by molar-refractivity contribution is 5.87. The van der Waals surface area contributed by atoms with Crippen molar-refractivity contribution in [1.29, 1.82) is 0 Å². The Morgan fingerprint density at radius 3 is 2.86 bits per heavy atom. The van der Waals surface area contributed by atoms with Gasteiger partial charge >= 0.3 is 5.97 Å². The molecule has 1 aromatic heterocycles. The van der Waals surface area contributed by atoms with Gasteiger partial charge in [-0.15, -0.1) is 0 Å². The number of carbonyl (C=O) groups is 1. The number of fused-ring (bicyclic) bond motifs is 1. The highest BCUT2D eigenvalue weighted by Gasteiger charge is 2.31. The SMILES string of the molecule is CC1(C)CCC(Cn2cc(CC(=O)O)c3ccccc32)O1. The number of ether oxygens (including phenoxy) is 1. The summed E-state index contributed by atoms with van der Waals surface area (Å²) in [5, 5.41) is 10.1. The highest BCUT2D eigenvalue weighted by Crippen LogP contribution is 2.31. The van der Waals surface area contributed by atoms with Gasteiger partial charge in [-0.05, 0) is 38.3 Å². The zero-order valence-electron chi connectivity index (χ0n) is 12.5. The predicted molar refractivity (Wildman–Crippen MR) is 81.5 cm³/mol.